The molecule has 1 aliphatic rings. The molecule has 1 aliphatic heterocycles. The van der Waals surface area contributed by atoms with Crippen molar-refractivity contribution in [3.05, 3.63) is 45.9 Å². The van der Waals surface area contributed by atoms with Gasteiger partial charge in [-0.1, -0.05) is 18.2 Å². The number of rotatable bonds is 3. The fourth-order valence-corrected chi connectivity index (χ4v) is 2.98. The number of carbonyl (C=O) groups is 2. The largest absolute Gasteiger partial charge is 0.476 e. The monoisotopic (exact) mass is 303 g/mol. The number of carboxylic acids is 1. The Labute approximate surface area is 125 Å². The molecule has 2 heterocycles. The van der Waals surface area contributed by atoms with Crippen LogP contribution in [0, 0.1) is 0 Å². The van der Waals surface area contributed by atoms with E-state index in [-0.39, 0.29) is 17.6 Å². The number of aromatic nitrogens is 1. The Morgan fingerprint density at radius 2 is 2.19 bits per heavy atom. The fourth-order valence-electron chi connectivity index (χ4n) is 2.33. The van der Waals surface area contributed by atoms with Crippen LogP contribution in [0.1, 0.15) is 21.1 Å². The van der Waals surface area contributed by atoms with E-state index in [2.05, 4.69) is 4.98 Å². The smallest absolute Gasteiger partial charge is 0.365 e. The van der Waals surface area contributed by atoms with E-state index in [1.807, 2.05) is 24.3 Å². The molecule has 6 nitrogen and oxygen atoms in total. The lowest BCUT2D eigenvalue weighted by molar-refractivity contribution is 0.0696. The average Bonchev–Trinajstić information content (AvgIpc) is 2.93. The molecule has 1 N–H and O–H groups in total. The van der Waals surface area contributed by atoms with Gasteiger partial charge in [0.05, 0.1) is 17.9 Å². The van der Waals surface area contributed by atoms with E-state index in [0.717, 1.165) is 22.6 Å². The van der Waals surface area contributed by atoms with Gasteiger partial charge in [-0.3, -0.25) is 4.90 Å². The summed E-state index contributed by atoms with van der Waals surface area (Å²) in [5.74, 6) is -1.05. The van der Waals surface area contributed by atoms with Gasteiger partial charge in [0.2, 0.25) is 5.01 Å². The van der Waals surface area contributed by atoms with Crippen LogP contribution in [0.4, 0.5) is 10.5 Å². The molecule has 0 spiro atoms. The van der Waals surface area contributed by atoms with Gasteiger partial charge in [-0.25, -0.2) is 14.6 Å². The molecule has 108 valence electrons. The van der Waals surface area contributed by atoms with Gasteiger partial charge in [0, 0.05) is 19.0 Å². The number of urea groups is 1. The average molecular weight is 303 g/mol. The highest BCUT2D eigenvalue weighted by Gasteiger charge is 2.28. The summed E-state index contributed by atoms with van der Waals surface area (Å²) in [6.07, 6.45) is 0. The number of carbonyl (C=O) groups excluding carboxylic acids is 1. The van der Waals surface area contributed by atoms with Crippen molar-refractivity contribution in [3.8, 4) is 0 Å². The van der Waals surface area contributed by atoms with Crippen molar-refractivity contribution >= 4 is 29.0 Å². The summed E-state index contributed by atoms with van der Waals surface area (Å²) in [4.78, 5) is 30.5. The molecule has 0 bridgehead atoms. The van der Waals surface area contributed by atoms with Crippen LogP contribution >= 0.6 is 11.3 Å². The first kappa shape index (κ1) is 13.6. The lowest BCUT2D eigenvalue weighted by Crippen LogP contribution is -2.44. The molecule has 0 saturated carbocycles. The fraction of sp³-hybridized carbons (Fsp3) is 0.214. The quantitative estimate of drug-likeness (QED) is 0.945. The molecule has 0 fully saturated rings. The van der Waals surface area contributed by atoms with Crippen molar-refractivity contribution in [1.82, 2.24) is 9.88 Å². The molecule has 2 amide bonds. The third-order valence-electron chi connectivity index (χ3n) is 3.30. The van der Waals surface area contributed by atoms with Crippen molar-refractivity contribution in [3.63, 3.8) is 0 Å². The summed E-state index contributed by atoms with van der Waals surface area (Å²) in [7, 11) is 1.75. The molecule has 21 heavy (non-hydrogen) atoms. The number of thiazole rings is 1. The van der Waals surface area contributed by atoms with Crippen LogP contribution in [0.15, 0.2) is 29.6 Å². The molecule has 7 heteroatoms. The molecule has 1 aromatic carbocycles. The van der Waals surface area contributed by atoms with E-state index >= 15 is 0 Å². The number of carboxylic acid groups (broad SMARTS) is 1. The van der Waals surface area contributed by atoms with E-state index in [4.69, 9.17) is 5.11 Å². The Morgan fingerprint density at radius 1 is 1.43 bits per heavy atom. The van der Waals surface area contributed by atoms with E-state index in [9.17, 15) is 9.59 Å². The van der Waals surface area contributed by atoms with Crippen molar-refractivity contribution in [2.45, 2.75) is 13.1 Å². The number of hydrogen-bond acceptors (Lipinski definition) is 4. The molecular weight excluding hydrogens is 290 g/mol. The minimum Gasteiger partial charge on any atom is -0.476 e. The van der Waals surface area contributed by atoms with Crippen LogP contribution in [-0.4, -0.2) is 34.0 Å². The van der Waals surface area contributed by atoms with Gasteiger partial charge >= 0.3 is 12.0 Å². The topological polar surface area (TPSA) is 73.7 Å². The maximum Gasteiger partial charge on any atom is 0.365 e. The first-order chi connectivity index (χ1) is 10.1. The summed E-state index contributed by atoms with van der Waals surface area (Å²) in [6.45, 7) is 0.840. The second kappa shape index (κ2) is 5.17. The Kier molecular flexibility index (Phi) is 3.34. The van der Waals surface area contributed by atoms with E-state index in [0.29, 0.717) is 12.2 Å². The number of amides is 2. The Hall–Kier alpha value is -2.41. The highest BCUT2D eigenvalue weighted by Crippen LogP contribution is 2.29. The second-order valence-corrected chi connectivity index (χ2v) is 5.66. The summed E-state index contributed by atoms with van der Waals surface area (Å²) >= 11 is 1.07. The van der Waals surface area contributed by atoms with Crippen LogP contribution in [0.5, 0.6) is 0 Å². The van der Waals surface area contributed by atoms with Gasteiger partial charge in [0.15, 0.2) is 0 Å². The summed E-state index contributed by atoms with van der Waals surface area (Å²) in [5, 5.41) is 10.6. The van der Waals surface area contributed by atoms with Crippen LogP contribution in [-0.2, 0) is 13.1 Å². The zero-order valence-corrected chi connectivity index (χ0v) is 12.1. The first-order valence-electron chi connectivity index (χ1n) is 6.34. The number of anilines is 1. The Balaban J connectivity index is 1.92. The lowest BCUT2D eigenvalue weighted by atomic mass is 10.1. The van der Waals surface area contributed by atoms with Crippen LogP contribution < -0.4 is 4.90 Å². The van der Waals surface area contributed by atoms with Gasteiger partial charge in [0.1, 0.15) is 0 Å². The van der Waals surface area contributed by atoms with Gasteiger partial charge in [-0.2, -0.15) is 0 Å². The van der Waals surface area contributed by atoms with Crippen LogP contribution in [0.2, 0.25) is 0 Å². The van der Waals surface area contributed by atoms with Crippen molar-refractivity contribution < 1.29 is 14.7 Å². The number of nitrogens with zero attached hydrogens (tertiary/aromatic N) is 3. The highest BCUT2D eigenvalue weighted by atomic mass is 32.1. The molecule has 0 atom stereocenters. The molecule has 2 aromatic rings. The normalized spacial score (nSPS) is 14.2. The predicted octanol–water partition coefficient (Wildman–Crippen LogP) is 2.41. The highest BCUT2D eigenvalue weighted by molar-refractivity contribution is 7.11. The minimum absolute atomic E-state index is 0.0381. The third-order valence-corrected chi connectivity index (χ3v) is 4.18. The van der Waals surface area contributed by atoms with E-state index in [1.165, 1.54) is 0 Å². The first-order valence-corrected chi connectivity index (χ1v) is 7.22. The van der Waals surface area contributed by atoms with Gasteiger partial charge < -0.3 is 10.0 Å². The maximum absolute atomic E-state index is 12.3. The van der Waals surface area contributed by atoms with E-state index < -0.39 is 5.97 Å². The Morgan fingerprint density at radius 3 is 2.90 bits per heavy atom. The number of fused-ring (bicyclic) bond motifs is 1. The van der Waals surface area contributed by atoms with Crippen LogP contribution in [0.3, 0.4) is 0 Å². The number of benzene rings is 1. The second-order valence-electron chi connectivity index (χ2n) is 4.80. The van der Waals surface area contributed by atoms with Gasteiger partial charge in [-0.05, 0) is 11.6 Å². The molecule has 0 saturated heterocycles. The van der Waals surface area contributed by atoms with Crippen LogP contribution in [0.25, 0.3) is 0 Å². The van der Waals surface area contributed by atoms with Crippen molar-refractivity contribution in [2.24, 2.45) is 0 Å². The van der Waals surface area contributed by atoms with Crippen molar-refractivity contribution in [1.29, 1.82) is 0 Å². The molecule has 0 unspecified atom stereocenters. The third kappa shape index (κ3) is 2.47. The van der Waals surface area contributed by atoms with Gasteiger partial charge in [0.25, 0.3) is 0 Å². The molecule has 1 aromatic heterocycles. The predicted molar refractivity (Wildman–Crippen MR) is 78.6 cm³/mol. The maximum atomic E-state index is 12.3. The Bertz CT molecular complexity index is 713. The number of aromatic carboxylic acids is 1. The molecule has 0 aliphatic carbocycles. The zero-order valence-electron chi connectivity index (χ0n) is 11.3. The zero-order chi connectivity index (χ0) is 15.0. The molecule has 3 rings (SSSR count). The van der Waals surface area contributed by atoms with Gasteiger partial charge in [-0.15, -0.1) is 11.3 Å². The summed E-state index contributed by atoms with van der Waals surface area (Å²) < 4.78 is 0. The summed E-state index contributed by atoms with van der Waals surface area (Å²) in [6, 6.07) is 7.58. The number of para-hydroxylation sites is 1. The standard InChI is InChI=1S/C14H13N3O3S/c1-16-6-9-4-2-3-5-11(9)17(14(16)20)7-10-8-21-12(15-10)13(18)19/h2-5,8H,6-7H2,1H3,(H,18,19). The lowest BCUT2D eigenvalue weighted by Gasteiger charge is -2.34. The summed E-state index contributed by atoms with van der Waals surface area (Å²) in [5.41, 5.74) is 2.50. The molecular formula is C14H13N3O3S. The SMILES string of the molecule is CN1Cc2ccccc2N(Cc2csc(C(=O)O)n2)C1=O. The number of hydrogen-bond donors (Lipinski definition) is 1. The van der Waals surface area contributed by atoms with E-state index in [1.54, 1.807) is 22.2 Å². The molecule has 0 radical (unpaired) electrons. The minimum atomic E-state index is -1.05. The van der Waals surface area contributed by atoms with Crippen molar-refractivity contribution in [2.75, 3.05) is 11.9 Å².